The molecule has 0 spiro atoms. The first-order chi connectivity index (χ1) is 7.67. The third-order valence-corrected chi connectivity index (χ3v) is 2.46. The molecule has 0 aromatic heterocycles. The topological polar surface area (TPSA) is 51.5 Å². The molecular weight excluding hydrogens is 305 g/mol. The Kier molecular flexibility index (Phi) is 34.5. The van der Waals surface area contributed by atoms with Crippen molar-refractivity contribution >= 4 is 0 Å². The van der Waals surface area contributed by atoms with Gasteiger partial charge in [-0.05, 0) is 18.3 Å². The second kappa shape index (κ2) is 22.9. The fourth-order valence-corrected chi connectivity index (χ4v) is 1.64. The molecule has 1 rings (SSSR count). The van der Waals surface area contributed by atoms with Crippen LogP contribution in [0.5, 0.6) is 0 Å². The molecule has 0 amide bonds. The fraction of sp³-hybridized carbons (Fsp3) is 0.923. The monoisotopic (exact) mass is 335 g/mol. The van der Waals surface area contributed by atoms with Gasteiger partial charge in [-0.2, -0.15) is 28.2 Å². The molecule has 1 saturated carbocycles. The van der Waals surface area contributed by atoms with Gasteiger partial charge in [0, 0.05) is 6.61 Å². The second-order valence-electron chi connectivity index (χ2n) is 4.04. The molecular formula is C13H31N3OZr. The van der Waals surface area contributed by atoms with E-state index < -0.39 is 0 Å². The van der Waals surface area contributed by atoms with Gasteiger partial charge >= 0.3 is 26.2 Å². The summed E-state index contributed by atoms with van der Waals surface area (Å²) >= 11 is 0. The van der Waals surface area contributed by atoms with Crippen LogP contribution in [-0.2, 0) is 31.0 Å². The Morgan fingerprint density at radius 2 is 1.44 bits per heavy atom. The summed E-state index contributed by atoms with van der Waals surface area (Å²) < 4.78 is 0. The minimum Gasteiger partial charge on any atom is -0.668 e. The largest absolute Gasteiger partial charge is 4.00 e. The summed E-state index contributed by atoms with van der Waals surface area (Å²) in [6, 6.07) is 0. The second-order valence-corrected chi connectivity index (χ2v) is 4.04. The Morgan fingerprint density at radius 1 is 1.00 bits per heavy atom. The zero-order valence-corrected chi connectivity index (χ0v) is 15.7. The Bertz CT molecular complexity index is 127. The summed E-state index contributed by atoms with van der Waals surface area (Å²) in [6.45, 7) is 3.13. The number of rotatable bonds is 3. The van der Waals surface area contributed by atoms with E-state index in [1.165, 1.54) is 19.3 Å². The molecule has 5 heteroatoms. The summed E-state index contributed by atoms with van der Waals surface area (Å²) in [4.78, 5) is 5.01. The Hall–Kier alpha value is 0.723. The number of nitrogens with zero attached hydrogens (tertiary/aromatic N) is 3. The van der Waals surface area contributed by atoms with Crippen LogP contribution in [0, 0.1) is 19.3 Å². The average Bonchev–Trinajstić information content (AvgIpc) is 2.63. The van der Waals surface area contributed by atoms with Crippen LogP contribution in [-0.4, -0.2) is 41.8 Å². The molecule has 0 aromatic carbocycles. The van der Waals surface area contributed by atoms with E-state index in [1.54, 1.807) is 35.2 Å². The van der Waals surface area contributed by atoms with Crippen molar-refractivity contribution in [2.45, 2.75) is 26.2 Å². The van der Waals surface area contributed by atoms with Crippen LogP contribution in [0.3, 0.4) is 0 Å². The van der Waals surface area contributed by atoms with E-state index in [4.69, 9.17) is 4.84 Å². The predicted octanol–water partition coefficient (Wildman–Crippen LogP) is 4.04. The average molecular weight is 337 g/mol. The van der Waals surface area contributed by atoms with Crippen LogP contribution < -0.4 is 0 Å². The first kappa shape index (κ1) is 27.1. The van der Waals surface area contributed by atoms with Crippen LogP contribution >= 0.6 is 0 Å². The van der Waals surface area contributed by atoms with E-state index in [2.05, 4.69) is 23.0 Å². The van der Waals surface area contributed by atoms with Crippen LogP contribution in [0.15, 0.2) is 0 Å². The zero-order valence-electron chi connectivity index (χ0n) is 13.2. The molecule has 0 saturated heterocycles. The molecule has 1 fully saturated rings. The van der Waals surface area contributed by atoms with Gasteiger partial charge < -0.3 is 28.4 Å². The quantitative estimate of drug-likeness (QED) is 0.566. The normalized spacial score (nSPS) is 20.3. The molecule has 1 unspecified atom stereocenters. The van der Waals surface area contributed by atoms with Gasteiger partial charge in [0.05, 0.1) is 0 Å². The van der Waals surface area contributed by atoms with Gasteiger partial charge in [0.1, 0.15) is 0 Å². The van der Waals surface area contributed by atoms with Gasteiger partial charge in [0.2, 0.25) is 0 Å². The van der Waals surface area contributed by atoms with Crippen molar-refractivity contribution < 1.29 is 31.0 Å². The molecule has 0 N–H and O–H groups in total. The van der Waals surface area contributed by atoms with E-state index in [1.807, 2.05) is 0 Å². The summed E-state index contributed by atoms with van der Waals surface area (Å²) in [7, 11) is 8.69. The van der Waals surface area contributed by atoms with Gasteiger partial charge in [-0.25, -0.2) is 0 Å². The van der Waals surface area contributed by atoms with E-state index in [0.29, 0.717) is 0 Å². The van der Waals surface area contributed by atoms with Crippen molar-refractivity contribution in [3.63, 3.8) is 0 Å². The number of hydrogen-bond acceptors (Lipinski definition) is 1. The van der Waals surface area contributed by atoms with E-state index in [9.17, 15) is 0 Å². The molecule has 0 bridgehead atoms. The Balaban J connectivity index is -0.000000106. The third-order valence-electron chi connectivity index (χ3n) is 2.46. The first-order valence-corrected chi connectivity index (χ1v) is 5.84. The van der Waals surface area contributed by atoms with E-state index in [-0.39, 0.29) is 33.6 Å². The Labute approximate surface area is 134 Å². The van der Waals surface area contributed by atoms with Crippen LogP contribution in [0.4, 0.5) is 0 Å². The molecule has 18 heavy (non-hydrogen) atoms. The van der Waals surface area contributed by atoms with Gasteiger partial charge in [-0.15, -0.1) is 7.05 Å². The molecule has 0 aromatic rings. The smallest absolute Gasteiger partial charge is 0.668 e. The minimum atomic E-state index is 0. The van der Waals surface area contributed by atoms with E-state index >= 15 is 0 Å². The van der Waals surface area contributed by atoms with Crippen molar-refractivity contribution in [3.05, 3.63) is 23.5 Å². The van der Waals surface area contributed by atoms with Gasteiger partial charge in [0.15, 0.2) is 0 Å². The minimum absolute atomic E-state index is 0. The maximum Gasteiger partial charge on any atom is 4.00 e. The molecule has 0 aliphatic heterocycles. The summed E-state index contributed by atoms with van der Waals surface area (Å²) in [6.07, 6.45) is 4.08. The summed E-state index contributed by atoms with van der Waals surface area (Å²) in [5.41, 5.74) is 3.63. The fourth-order valence-electron chi connectivity index (χ4n) is 1.64. The summed E-state index contributed by atoms with van der Waals surface area (Å²) in [5, 5.41) is 7.00. The molecule has 108 valence electrons. The zero-order chi connectivity index (χ0) is 12.8. The van der Waals surface area contributed by atoms with Crippen molar-refractivity contribution in [1.82, 2.24) is 0 Å². The van der Waals surface area contributed by atoms with Gasteiger partial charge in [0.25, 0.3) is 0 Å². The molecule has 0 heterocycles. The molecule has 0 radical (unpaired) electrons. The van der Waals surface area contributed by atoms with Crippen LogP contribution in [0.25, 0.3) is 16.1 Å². The third kappa shape index (κ3) is 19.1. The Morgan fingerprint density at radius 3 is 1.72 bits per heavy atom. The van der Waals surface area contributed by atoms with Crippen molar-refractivity contribution in [2.75, 3.05) is 41.8 Å². The molecule has 2 atom stereocenters. The maximum absolute atomic E-state index is 5.01. The number of hydroxylamine groups is 1. The van der Waals surface area contributed by atoms with Crippen LogP contribution in [0.2, 0.25) is 0 Å². The number of hydrogen-bond donors (Lipinski definition) is 0. The maximum atomic E-state index is 5.01. The van der Waals surface area contributed by atoms with Crippen LogP contribution in [0.1, 0.15) is 26.2 Å². The standard InChI is InChI=1S/C8H16NO.2C2H6N.CH3.Zr/c1-7-4-3-5-8(7)6-10-9-2;2*1-3-2;;/h7-8H,3-6H2,1-2H3;2*1-2H3;1H3;/q4*-1;+4/t7-,8?;;;;/m0..../s1. The van der Waals surface area contributed by atoms with Gasteiger partial charge in [-0.3, -0.25) is 0 Å². The molecule has 1 aliphatic carbocycles. The van der Waals surface area contributed by atoms with Crippen molar-refractivity contribution in [3.8, 4) is 0 Å². The molecule has 1 aliphatic rings. The summed E-state index contributed by atoms with van der Waals surface area (Å²) in [5.74, 6) is 1.62. The SMILES string of the molecule is C[N-]C.C[N-]C.C[N-]OCC1CCC[C@@H]1C.[CH3-].[Zr+4]. The first-order valence-electron chi connectivity index (χ1n) is 5.84. The van der Waals surface area contributed by atoms with E-state index in [0.717, 1.165) is 18.4 Å². The predicted molar refractivity (Wildman–Crippen MR) is 78.6 cm³/mol. The van der Waals surface area contributed by atoms with Crippen molar-refractivity contribution in [2.24, 2.45) is 11.8 Å². The molecule has 4 nitrogen and oxygen atoms in total. The van der Waals surface area contributed by atoms with Crippen molar-refractivity contribution in [1.29, 1.82) is 0 Å². The van der Waals surface area contributed by atoms with Gasteiger partial charge in [-0.1, -0.05) is 19.8 Å².